The summed E-state index contributed by atoms with van der Waals surface area (Å²) >= 11 is 8.41. The fourth-order valence-electron chi connectivity index (χ4n) is 0.754. The molecule has 0 aromatic heterocycles. The quantitative estimate of drug-likeness (QED) is 0.370. The molecule has 0 aliphatic rings. The number of benzene rings is 1. The van der Waals surface area contributed by atoms with Gasteiger partial charge in [0.25, 0.3) is 0 Å². The lowest BCUT2D eigenvalue weighted by atomic mass is 10.1. The first-order chi connectivity index (χ1) is 5.17. The molecule has 0 nitrogen and oxygen atoms in total. The van der Waals surface area contributed by atoms with Crippen molar-refractivity contribution in [3.63, 3.8) is 0 Å². The summed E-state index contributed by atoms with van der Waals surface area (Å²) in [5, 5.41) is 0. The molecule has 0 aliphatic heterocycles. The second-order valence-corrected chi connectivity index (χ2v) is 3.88. The zero-order chi connectivity index (χ0) is 8.32. The van der Waals surface area contributed by atoms with E-state index in [1.807, 2.05) is 30.3 Å². The Labute approximate surface area is 77.8 Å². The molecule has 2 heteroatoms. The fourth-order valence-corrected chi connectivity index (χ4v) is 1.05. The Morgan fingerprint density at radius 1 is 1.18 bits per heavy atom. The van der Waals surface area contributed by atoms with Crippen molar-refractivity contribution in [2.24, 2.45) is 0 Å². The SMILES string of the molecule is C#CC(S)(S)c1ccccc1. The van der Waals surface area contributed by atoms with Gasteiger partial charge in [0.1, 0.15) is 4.08 Å². The molecule has 0 saturated carbocycles. The first-order valence-corrected chi connectivity index (χ1v) is 4.04. The first kappa shape index (κ1) is 8.58. The van der Waals surface area contributed by atoms with E-state index in [4.69, 9.17) is 6.42 Å². The number of hydrogen-bond acceptors (Lipinski definition) is 2. The van der Waals surface area contributed by atoms with Crippen molar-refractivity contribution in [3.05, 3.63) is 35.9 Å². The van der Waals surface area contributed by atoms with E-state index < -0.39 is 4.08 Å². The van der Waals surface area contributed by atoms with Crippen molar-refractivity contribution in [1.29, 1.82) is 0 Å². The van der Waals surface area contributed by atoms with Gasteiger partial charge in [-0.1, -0.05) is 36.3 Å². The smallest absolute Gasteiger partial charge is 0.141 e. The van der Waals surface area contributed by atoms with Gasteiger partial charge in [-0.25, -0.2) is 0 Å². The van der Waals surface area contributed by atoms with Crippen LogP contribution in [0.5, 0.6) is 0 Å². The fraction of sp³-hybridized carbons (Fsp3) is 0.111. The van der Waals surface area contributed by atoms with Gasteiger partial charge in [-0.05, 0) is 5.56 Å². The summed E-state index contributed by atoms with van der Waals surface area (Å²) < 4.78 is -0.749. The third kappa shape index (κ3) is 1.95. The van der Waals surface area contributed by atoms with Crippen molar-refractivity contribution in [1.82, 2.24) is 0 Å². The van der Waals surface area contributed by atoms with Gasteiger partial charge in [0, 0.05) is 0 Å². The molecular formula is C9H8S2. The molecule has 0 N–H and O–H groups in total. The van der Waals surface area contributed by atoms with E-state index >= 15 is 0 Å². The molecule has 0 aliphatic carbocycles. The highest BCUT2D eigenvalue weighted by atomic mass is 32.2. The molecular weight excluding hydrogens is 172 g/mol. The third-order valence-electron chi connectivity index (χ3n) is 1.38. The maximum absolute atomic E-state index is 5.24. The predicted molar refractivity (Wildman–Crippen MR) is 54.9 cm³/mol. The summed E-state index contributed by atoms with van der Waals surface area (Å²) in [6.07, 6.45) is 5.24. The zero-order valence-electron chi connectivity index (χ0n) is 5.86. The monoisotopic (exact) mass is 180 g/mol. The molecule has 0 fully saturated rings. The first-order valence-electron chi connectivity index (χ1n) is 3.15. The largest absolute Gasteiger partial charge is 0.144 e. The van der Waals surface area contributed by atoms with Crippen LogP contribution >= 0.6 is 25.3 Å². The maximum Gasteiger partial charge on any atom is 0.141 e. The summed E-state index contributed by atoms with van der Waals surface area (Å²) in [7, 11) is 0. The molecule has 0 amide bonds. The second kappa shape index (κ2) is 3.25. The highest BCUT2D eigenvalue weighted by Gasteiger charge is 2.18. The van der Waals surface area contributed by atoms with Gasteiger partial charge in [0.2, 0.25) is 0 Å². The Morgan fingerprint density at radius 2 is 1.73 bits per heavy atom. The lowest BCUT2D eigenvalue weighted by Crippen LogP contribution is -2.05. The second-order valence-electron chi connectivity index (χ2n) is 2.18. The Balaban J connectivity index is 3.05. The van der Waals surface area contributed by atoms with Gasteiger partial charge in [-0.2, -0.15) is 0 Å². The van der Waals surface area contributed by atoms with Gasteiger partial charge >= 0.3 is 0 Å². The summed E-state index contributed by atoms with van der Waals surface area (Å²) in [6, 6.07) is 9.55. The summed E-state index contributed by atoms with van der Waals surface area (Å²) in [5.41, 5.74) is 0.925. The van der Waals surface area contributed by atoms with Crippen LogP contribution in [0, 0.1) is 12.3 Å². The number of thiol groups is 2. The Hall–Kier alpha value is -0.520. The average molecular weight is 180 g/mol. The number of hydrogen-bond donors (Lipinski definition) is 2. The van der Waals surface area contributed by atoms with Gasteiger partial charge in [-0.15, -0.1) is 31.7 Å². The van der Waals surface area contributed by atoms with Crippen LogP contribution in [0.2, 0.25) is 0 Å². The van der Waals surface area contributed by atoms with Crippen LogP contribution < -0.4 is 0 Å². The molecule has 1 aromatic rings. The molecule has 0 saturated heterocycles. The Morgan fingerprint density at radius 3 is 2.18 bits per heavy atom. The van der Waals surface area contributed by atoms with Crippen molar-refractivity contribution < 1.29 is 0 Å². The van der Waals surface area contributed by atoms with E-state index in [1.165, 1.54) is 0 Å². The van der Waals surface area contributed by atoms with E-state index in [1.54, 1.807) is 0 Å². The molecule has 11 heavy (non-hydrogen) atoms. The molecule has 0 spiro atoms. The molecule has 0 heterocycles. The van der Waals surface area contributed by atoms with Gasteiger partial charge in [-0.3, -0.25) is 0 Å². The van der Waals surface area contributed by atoms with Gasteiger partial charge in [0.15, 0.2) is 0 Å². The van der Waals surface area contributed by atoms with Crippen LogP contribution in [0.4, 0.5) is 0 Å². The van der Waals surface area contributed by atoms with Gasteiger partial charge in [0.05, 0.1) is 0 Å². The molecule has 0 radical (unpaired) electrons. The molecule has 1 aromatic carbocycles. The molecule has 56 valence electrons. The predicted octanol–water partition coefficient (Wildman–Crippen LogP) is 2.33. The van der Waals surface area contributed by atoms with Crippen LogP contribution in [0.3, 0.4) is 0 Å². The van der Waals surface area contributed by atoms with Crippen LogP contribution in [0.15, 0.2) is 30.3 Å². The number of terminal acetylenes is 1. The molecule has 0 unspecified atom stereocenters. The minimum atomic E-state index is -0.749. The number of rotatable bonds is 1. The summed E-state index contributed by atoms with van der Waals surface area (Å²) in [6.45, 7) is 0. The van der Waals surface area contributed by atoms with Gasteiger partial charge < -0.3 is 0 Å². The normalized spacial score (nSPS) is 10.6. The van der Waals surface area contributed by atoms with E-state index in [2.05, 4.69) is 31.2 Å². The lowest BCUT2D eigenvalue weighted by molar-refractivity contribution is 1.21. The van der Waals surface area contributed by atoms with Crippen LogP contribution in [-0.4, -0.2) is 0 Å². The maximum atomic E-state index is 5.24. The lowest BCUT2D eigenvalue weighted by Gasteiger charge is -2.14. The average Bonchev–Trinajstić information content (AvgIpc) is 2.06. The van der Waals surface area contributed by atoms with E-state index in [0.717, 1.165) is 5.56 Å². The van der Waals surface area contributed by atoms with Crippen molar-refractivity contribution in [2.75, 3.05) is 0 Å². The standard InChI is InChI=1S/C9H8S2/c1-2-9(10,11)8-6-4-3-5-7-8/h1,3-7,10-11H. The van der Waals surface area contributed by atoms with E-state index in [0.29, 0.717) is 0 Å². The van der Waals surface area contributed by atoms with Crippen molar-refractivity contribution >= 4 is 25.3 Å². The summed E-state index contributed by atoms with van der Waals surface area (Å²) in [4.78, 5) is 0. The highest BCUT2D eigenvalue weighted by Crippen LogP contribution is 2.31. The van der Waals surface area contributed by atoms with Crippen molar-refractivity contribution in [2.45, 2.75) is 4.08 Å². The third-order valence-corrected chi connectivity index (χ3v) is 2.15. The molecule has 0 atom stereocenters. The minimum absolute atomic E-state index is 0.749. The summed E-state index contributed by atoms with van der Waals surface area (Å²) in [5.74, 6) is 2.49. The van der Waals surface area contributed by atoms with Crippen LogP contribution in [0.25, 0.3) is 0 Å². The topological polar surface area (TPSA) is 0 Å². The minimum Gasteiger partial charge on any atom is -0.144 e. The molecule has 0 bridgehead atoms. The zero-order valence-corrected chi connectivity index (χ0v) is 7.65. The Kier molecular flexibility index (Phi) is 2.53. The van der Waals surface area contributed by atoms with E-state index in [9.17, 15) is 0 Å². The van der Waals surface area contributed by atoms with Crippen LogP contribution in [0.1, 0.15) is 5.56 Å². The van der Waals surface area contributed by atoms with E-state index in [-0.39, 0.29) is 0 Å². The van der Waals surface area contributed by atoms with Crippen molar-refractivity contribution in [3.8, 4) is 12.3 Å². The molecule has 1 rings (SSSR count). The Bertz CT molecular complexity index is 269. The van der Waals surface area contributed by atoms with Crippen LogP contribution in [-0.2, 0) is 4.08 Å². The highest BCUT2D eigenvalue weighted by molar-refractivity contribution is 8.00.